The summed E-state index contributed by atoms with van der Waals surface area (Å²) >= 11 is 0. The molecule has 7 heteroatoms. The number of nitrogens with zero attached hydrogens (tertiary/aromatic N) is 1. The van der Waals surface area contributed by atoms with Gasteiger partial charge in [-0.1, -0.05) is 29.8 Å². The third-order valence-electron chi connectivity index (χ3n) is 6.28. The van der Waals surface area contributed by atoms with Gasteiger partial charge in [0, 0.05) is 23.6 Å². The van der Waals surface area contributed by atoms with Crippen molar-refractivity contribution >= 4 is 22.6 Å². The topological polar surface area (TPSA) is 95.8 Å². The number of rotatable bonds is 7. The summed E-state index contributed by atoms with van der Waals surface area (Å²) in [7, 11) is 1.62. The van der Waals surface area contributed by atoms with E-state index in [1.807, 2.05) is 55.6 Å². The number of carbonyl (C=O) groups is 2. The second-order valence-electron chi connectivity index (χ2n) is 8.36. The van der Waals surface area contributed by atoms with Crippen LogP contribution < -0.4 is 4.74 Å². The zero-order chi connectivity index (χ0) is 23.8. The van der Waals surface area contributed by atoms with E-state index < -0.39 is 23.5 Å². The SMILES string of the molecule is COc1ccc2[nH]cc(CCN3C(=O)C(O)=C(C(=O)c4ccco4)[C@H]3c3ccc(C)cc3)c2c1. The fourth-order valence-corrected chi connectivity index (χ4v) is 4.48. The van der Waals surface area contributed by atoms with Crippen molar-refractivity contribution in [3.8, 4) is 5.75 Å². The molecule has 1 aliphatic rings. The Labute approximate surface area is 196 Å². The van der Waals surface area contributed by atoms with E-state index in [4.69, 9.17) is 9.15 Å². The highest BCUT2D eigenvalue weighted by Gasteiger charge is 2.44. The van der Waals surface area contributed by atoms with E-state index in [0.717, 1.165) is 33.3 Å². The minimum atomic E-state index is -0.717. The first-order valence-corrected chi connectivity index (χ1v) is 11.0. The van der Waals surface area contributed by atoms with Crippen molar-refractivity contribution in [1.29, 1.82) is 0 Å². The second kappa shape index (κ2) is 8.59. The molecule has 172 valence electrons. The second-order valence-corrected chi connectivity index (χ2v) is 8.36. The molecule has 0 spiro atoms. The maximum absolute atomic E-state index is 13.2. The number of aryl methyl sites for hydroxylation is 1. The summed E-state index contributed by atoms with van der Waals surface area (Å²) in [6, 6.07) is 15.8. The van der Waals surface area contributed by atoms with E-state index in [-0.39, 0.29) is 11.3 Å². The predicted molar refractivity (Wildman–Crippen MR) is 127 cm³/mol. The lowest BCUT2D eigenvalue weighted by molar-refractivity contribution is -0.129. The Morgan fingerprint density at radius 3 is 2.68 bits per heavy atom. The molecule has 1 atom stereocenters. The standard InChI is InChI=1S/C27H24N2O5/c1-16-5-7-17(8-6-16)24-23(25(30)22-4-3-13-34-22)26(31)27(32)29(24)12-11-18-15-28-21-10-9-19(33-2)14-20(18)21/h3-10,13-15,24,28,31H,11-12H2,1-2H3/t24-/m1/s1. The molecule has 0 saturated heterocycles. The van der Waals surface area contributed by atoms with Crippen LogP contribution in [-0.4, -0.2) is 40.3 Å². The summed E-state index contributed by atoms with van der Waals surface area (Å²) in [5.74, 6) is -0.781. The number of aromatic amines is 1. The molecular weight excluding hydrogens is 432 g/mol. The lowest BCUT2D eigenvalue weighted by Crippen LogP contribution is -2.33. The Balaban J connectivity index is 1.50. The fourth-order valence-electron chi connectivity index (χ4n) is 4.48. The van der Waals surface area contributed by atoms with Crippen molar-refractivity contribution in [3.63, 3.8) is 0 Å². The van der Waals surface area contributed by atoms with E-state index >= 15 is 0 Å². The largest absolute Gasteiger partial charge is 0.503 e. The first-order valence-electron chi connectivity index (χ1n) is 11.0. The Kier molecular flexibility index (Phi) is 5.45. The number of carbonyl (C=O) groups excluding carboxylic acids is 2. The number of aromatic nitrogens is 1. The van der Waals surface area contributed by atoms with E-state index in [0.29, 0.717) is 13.0 Å². The van der Waals surface area contributed by atoms with Crippen LogP contribution in [0.3, 0.4) is 0 Å². The Morgan fingerprint density at radius 2 is 1.97 bits per heavy atom. The molecule has 7 nitrogen and oxygen atoms in total. The summed E-state index contributed by atoms with van der Waals surface area (Å²) in [4.78, 5) is 31.2. The summed E-state index contributed by atoms with van der Waals surface area (Å²) in [6.07, 6.45) is 3.83. The molecule has 2 aromatic heterocycles. The highest BCUT2D eigenvalue weighted by atomic mass is 16.5. The molecule has 0 unspecified atom stereocenters. The number of methoxy groups -OCH3 is 1. The Bertz CT molecular complexity index is 1400. The van der Waals surface area contributed by atoms with Crippen LogP contribution in [0, 0.1) is 6.92 Å². The van der Waals surface area contributed by atoms with E-state index in [1.165, 1.54) is 12.3 Å². The molecule has 0 radical (unpaired) electrons. The van der Waals surface area contributed by atoms with E-state index in [1.54, 1.807) is 18.1 Å². The number of furan rings is 1. The molecule has 2 aromatic carbocycles. The van der Waals surface area contributed by atoms with Crippen LogP contribution in [0.1, 0.15) is 33.3 Å². The predicted octanol–water partition coefficient (Wildman–Crippen LogP) is 4.90. The number of aliphatic hydroxyl groups excluding tert-OH is 1. The lowest BCUT2D eigenvalue weighted by Gasteiger charge is -2.26. The van der Waals surface area contributed by atoms with Gasteiger partial charge in [-0.15, -0.1) is 0 Å². The van der Waals surface area contributed by atoms with Crippen LogP contribution in [-0.2, 0) is 11.2 Å². The first kappa shape index (κ1) is 21.6. The fraction of sp³-hybridized carbons (Fsp3) is 0.185. The van der Waals surface area contributed by atoms with Gasteiger partial charge in [0.2, 0.25) is 5.78 Å². The smallest absolute Gasteiger partial charge is 0.290 e. The number of hydrogen-bond acceptors (Lipinski definition) is 5. The van der Waals surface area contributed by atoms with Crippen LogP contribution >= 0.6 is 0 Å². The molecule has 4 aromatic rings. The zero-order valence-corrected chi connectivity index (χ0v) is 18.9. The molecule has 0 bridgehead atoms. The van der Waals surface area contributed by atoms with Crippen molar-refractivity contribution in [3.05, 3.63) is 101 Å². The molecule has 1 amide bonds. The maximum atomic E-state index is 13.2. The number of aliphatic hydroxyl groups is 1. The van der Waals surface area contributed by atoms with Crippen molar-refractivity contribution in [2.75, 3.05) is 13.7 Å². The van der Waals surface area contributed by atoms with Crippen LogP contribution in [0.2, 0.25) is 0 Å². The summed E-state index contributed by atoms with van der Waals surface area (Å²) in [5, 5.41) is 11.8. The van der Waals surface area contributed by atoms with Gasteiger partial charge in [-0.25, -0.2) is 0 Å². The summed E-state index contributed by atoms with van der Waals surface area (Å²) in [6.45, 7) is 2.27. The number of ketones is 1. The summed E-state index contributed by atoms with van der Waals surface area (Å²) < 4.78 is 10.6. The minimum Gasteiger partial charge on any atom is -0.503 e. The highest BCUT2D eigenvalue weighted by Crippen LogP contribution is 2.39. The van der Waals surface area contributed by atoms with Gasteiger partial charge in [-0.2, -0.15) is 0 Å². The molecule has 3 heterocycles. The third-order valence-corrected chi connectivity index (χ3v) is 6.28. The molecule has 2 N–H and O–H groups in total. The lowest BCUT2D eigenvalue weighted by atomic mass is 9.94. The van der Waals surface area contributed by atoms with Crippen LogP contribution in [0.4, 0.5) is 0 Å². The number of hydrogen-bond donors (Lipinski definition) is 2. The third kappa shape index (κ3) is 3.65. The van der Waals surface area contributed by atoms with E-state index in [2.05, 4.69) is 4.98 Å². The zero-order valence-electron chi connectivity index (χ0n) is 18.9. The quantitative estimate of drug-likeness (QED) is 0.386. The average Bonchev–Trinajstić information content (AvgIpc) is 3.58. The van der Waals surface area contributed by atoms with Crippen molar-refractivity contribution in [2.45, 2.75) is 19.4 Å². The molecule has 0 fully saturated rings. The molecule has 34 heavy (non-hydrogen) atoms. The van der Waals surface area contributed by atoms with Crippen LogP contribution in [0.5, 0.6) is 5.75 Å². The van der Waals surface area contributed by atoms with Gasteiger partial charge < -0.3 is 24.1 Å². The van der Waals surface area contributed by atoms with Gasteiger partial charge in [0.25, 0.3) is 5.91 Å². The molecule has 5 rings (SSSR count). The number of Topliss-reactive ketones (excluding diaryl/α,β-unsaturated/α-hetero) is 1. The number of benzene rings is 2. The molecular formula is C27H24N2O5. The maximum Gasteiger partial charge on any atom is 0.290 e. The van der Waals surface area contributed by atoms with Gasteiger partial charge >= 0.3 is 0 Å². The van der Waals surface area contributed by atoms with E-state index in [9.17, 15) is 14.7 Å². The molecule has 1 aliphatic heterocycles. The normalized spacial score (nSPS) is 16.0. The number of fused-ring (bicyclic) bond motifs is 1. The van der Waals surface area contributed by atoms with Gasteiger partial charge in [0.05, 0.1) is 25.0 Å². The van der Waals surface area contributed by atoms with Crippen LogP contribution in [0.15, 0.2) is 82.8 Å². The highest BCUT2D eigenvalue weighted by molar-refractivity contribution is 6.15. The van der Waals surface area contributed by atoms with Gasteiger partial charge in [0.15, 0.2) is 11.5 Å². The number of amides is 1. The van der Waals surface area contributed by atoms with Crippen molar-refractivity contribution in [1.82, 2.24) is 9.88 Å². The number of ether oxygens (including phenoxy) is 1. The van der Waals surface area contributed by atoms with Crippen molar-refractivity contribution < 1.29 is 23.8 Å². The molecule has 0 saturated carbocycles. The van der Waals surface area contributed by atoms with Crippen molar-refractivity contribution in [2.24, 2.45) is 0 Å². The van der Waals surface area contributed by atoms with Crippen LogP contribution in [0.25, 0.3) is 10.9 Å². The molecule has 0 aliphatic carbocycles. The van der Waals surface area contributed by atoms with Gasteiger partial charge in [-0.3, -0.25) is 9.59 Å². The van der Waals surface area contributed by atoms with Gasteiger partial charge in [-0.05, 0) is 54.8 Å². The minimum absolute atomic E-state index is 0.0319. The average molecular weight is 456 g/mol. The Hall–Kier alpha value is -4.26. The van der Waals surface area contributed by atoms with Gasteiger partial charge in [0.1, 0.15) is 5.75 Å². The first-order chi connectivity index (χ1) is 16.5. The number of nitrogens with one attached hydrogen (secondary N) is 1. The Morgan fingerprint density at radius 1 is 1.18 bits per heavy atom. The monoisotopic (exact) mass is 456 g/mol. The number of H-pyrrole nitrogens is 1. The summed E-state index contributed by atoms with van der Waals surface area (Å²) in [5.41, 5.74) is 3.81.